The van der Waals surface area contributed by atoms with E-state index in [1.54, 1.807) is 0 Å². The molecule has 3 heteroatoms. The van der Waals surface area contributed by atoms with Crippen molar-refractivity contribution in [2.24, 2.45) is 5.92 Å². The number of halogens is 1. The maximum atomic E-state index is 6.10. The number of piperidine rings is 1. The molecule has 1 saturated heterocycles. The van der Waals surface area contributed by atoms with E-state index >= 15 is 0 Å². The maximum Gasteiger partial charge on any atom is 0.0409 e. The van der Waals surface area contributed by atoms with Gasteiger partial charge in [0.1, 0.15) is 0 Å². The molecule has 0 aliphatic carbocycles. The molecule has 21 heavy (non-hydrogen) atoms. The lowest BCUT2D eigenvalue weighted by Crippen LogP contribution is -2.37. The standard InChI is InChI=1S/C18H29ClN2/c1-3-18(16-8-7-9-17(19)12-16)20-13-15(2)14-21-10-5-4-6-11-21/h7-9,12,15,18,20H,3-6,10-11,13-14H2,1-2H3. The fraction of sp³-hybridized carbons (Fsp3) is 0.667. The van der Waals surface area contributed by atoms with Crippen LogP contribution >= 0.6 is 11.6 Å². The van der Waals surface area contributed by atoms with Crippen LogP contribution in [-0.4, -0.2) is 31.1 Å². The van der Waals surface area contributed by atoms with Gasteiger partial charge >= 0.3 is 0 Å². The molecule has 0 amide bonds. The van der Waals surface area contributed by atoms with Crippen LogP contribution in [-0.2, 0) is 0 Å². The molecule has 0 bridgehead atoms. The zero-order chi connectivity index (χ0) is 15.1. The summed E-state index contributed by atoms with van der Waals surface area (Å²) in [7, 11) is 0. The summed E-state index contributed by atoms with van der Waals surface area (Å²) in [6.45, 7) is 9.45. The Bertz CT molecular complexity index is 415. The first kappa shape index (κ1) is 16.8. The topological polar surface area (TPSA) is 15.3 Å². The molecule has 2 unspecified atom stereocenters. The Balaban J connectivity index is 1.79. The van der Waals surface area contributed by atoms with Crippen molar-refractivity contribution in [2.45, 2.75) is 45.6 Å². The van der Waals surface area contributed by atoms with Gasteiger partial charge in [-0.25, -0.2) is 0 Å². The van der Waals surface area contributed by atoms with Crippen LogP contribution in [0.3, 0.4) is 0 Å². The number of likely N-dealkylation sites (tertiary alicyclic amines) is 1. The molecular weight excluding hydrogens is 280 g/mol. The Morgan fingerprint density at radius 3 is 2.67 bits per heavy atom. The fourth-order valence-electron chi connectivity index (χ4n) is 3.21. The van der Waals surface area contributed by atoms with Crippen LogP contribution in [0.1, 0.15) is 51.1 Å². The summed E-state index contributed by atoms with van der Waals surface area (Å²) >= 11 is 6.10. The molecular formula is C18H29ClN2. The van der Waals surface area contributed by atoms with E-state index in [-0.39, 0.29) is 0 Å². The lowest BCUT2D eigenvalue weighted by atomic mass is 10.0. The molecule has 2 nitrogen and oxygen atoms in total. The van der Waals surface area contributed by atoms with Crippen molar-refractivity contribution in [2.75, 3.05) is 26.2 Å². The Morgan fingerprint density at radius 2 is 2.00 bits per heavy atom. The highest BCUT2D eigenvalue weighted by Gasteiger charge is 2.15. The highest BCUT2D eigenvalue weighted by Crippen LogP contribution is 2.20. The molecule has 1 aliphatic heterocycles. The van der Waals surface area contributed by atoms with Crippen LogP contribution in [0.15, 0.2) is 24.3 Å². The largest absolute Gasteiger partial charge is 0.310 e. The normalized spacial score (nSPS) is 19.4. The average Bonchev–Trinajstić information content (AvgIpc) is 2.49. The molecule has 2 atom stereocenters. The third-order valence-corrected chi connectivity index (χ3v) is 4.63. The second-order valence-corrected chi connectivity index (χ2v) is 6.83. The van der Waals surface area contributed by atoms with Crippen molar-refractivity contribution in [3.8, 4) is 0 Å². The van der Waals surface area contributed by atoms with Crippen molar-refractivity contribution in [1.29, 1.82) is 0 Å². The molecule has 1 N–H and O–H groups in total. The number of nitrogens with one attached hydrogen (secondary N) is 1. The lowest BCUT2D eigenvalue weighted by molar-refractivity contribution is 0.197. The van der Waals surface area contributed by atoms with Gasteiger partial charge in [0.05, 0.1) is 0 Å². The molecule has 0 radical (unpaired) electrons. The van der Waals surface area contributed by atoms with E-state index in [9.17, 15) is 0 Å². The van der Waals surface area contributed by atoms with Gasteiger partial charge in [-0.1, -0.05) is 44.0 Å². The first-order valence-electron chi connectivity index (χ1n) is 8.40. The summed E-state index contributed by atoms with van der Waals surface area (Å²) in [4.78, 5) is 2.62. The van der Waals surface area contributed by atoms with Crippen molar-refractivity contribution in [3.63, 3.8) is 0 Å². The Hall–Kier alpha value is -0.570. The van der Waals surface area contributed by atoms with Crippen molar-refractivity contribution >= 4 is 11.6 Å². The second kappa shape index (κ2) is 8.77. The van der Waals surface area contributed by atoms with Crippen LogP contribution in [0.25, 0.3) is 0 Å². The molecule has 1 fully saturated rings. The molecule has 0 aromatic heterocycles. The molecule has 1 aromatic carbocycles. The van der Waals surface area contributed by atoms with Crippen LogP contribution in [0.4, 0.5) is 0 Å². The van der Waals surface area contributed by atoms with Crippen LogP contribution in [0.5, 0.6) is 0 Å². The average molecular weight is 309 g/mol. The van der Waals surface area contributed by atoms with Gasteiger partial charge in [-0.15, -0.1) is 0 Å². The third-order valence-electron chi connectivity index (χ3n) is 4.39. The van der Waals surface area contributed by atoms with E-state index in [1.165, 1.54) is 44.5 Å². The first-order chi connectivity index (χ1) is 10.2. The fourth-order valence-corrected chi connectivity index (χ4v) is 3.41. The van der Waals surface area contributed by atoms with Gasteiger partial charge in [-0.3, -0.25) is 0 Å². The smallest absolute Gasteiger partial charge is 0.0409 e. The highest BCUT2D eigenvalue weighted by molar-refractivity contribution is 6.30. The van der Waals surface area contributed by atoms with Gasteiger partial charge in [-0.05, 0) is 62.5 Å². The van der Waals surface area contributed by atoms with Gasteiger partial charge in [-0.2, -0.15) is 0 Å². The van der Waals surface area contributed by atoms with E-state index in [0.29, 0.717) is 12.0 Å². The van der Waals surface area contributed by atoms with E-state index in [4.69, 9.17) is 11.6 Å². The van der Waals surface area contributed by atoms with Crippen LogP contribution < -0.4 is 5.32 Å². The van der Waals surface area contributed by atoms with Gasteiger partial charge in [0.2, 0.25) is 0 Å². The lowest BCUT2D eigenvalue weighted by Gasteiger charge is -2.30. The second-order valence-electron chi connectivity index (χ2n) is 6.39. The zero-order valence-corrected chi connectivity index (χ0v) is 14.2. The third kappa shape index (κ3) is 5.61. The zero-order valence-electron chi connectivity index (χ0n) is 13.4. The molecule has 1 aliphatic rings. The SMILES string of the molecule is CCC(NCC(C)CN1CCCCC1)c1cccc(Cl)c1. The number of hydrogen-bond acceptors (Lipinski definition) is 2. The number of rotatable bonds is 7. The van der Waals surface area contributed by atoms with Crippen LogP contribution in [0, 0.1) is 5.92 Å². The van der Waals surface area contributed by atoms with E-state index in [1.807, 2.05) is 12.1 Å². The first-order valence-corrected chi connectivity index (χ1v) is 8.78. The number of nitrogens with zero attached hydrogens (tertiary/aromatic N) is 1. The summed E-state index contributed by atoms with van der Waals surface area (Å²) in [6, 6.07) is 8.64. The van der Waals surface area contributed by atoms with Crippen LogP contribution in [0.2, 0.25) is 5.02 Å². The minimum atomic E-state index is 0.410. The Labute approximate surface area is 134 Å². The Morgan fingerprint density at radius 1 is 1.24 bits per heavy atom. The minimum Gasteiger partial charge on any atom is -0.310 e. The summed E-state index contributed by atoms with van der Waals surface area (Å²) < 4.78 is 0. The van der Waals surface area contributed by atoms with E-state index in [2.05, 4.69) is 36.2 Å². The predicted octanol–water partition coefficient (Wildman–Crippen LogP) is 4.50. The predicted molar refractivity (Wildman–Crippen MR) is 91.9 cm³/mol. The van der Waals surface area contributed by atoms with Crippen molar-refractivity contribution in [3.05, 3.63) is 34.9 Å². The number of hydrogen-bond donors (Lipinski definition) is 1. The molecule has 2 rings (SSSR count). The molecule has 118 valence electrons. The maximum absolute atomic E-state index is 6.10. The summed E-state index contributed by atoms with van der Waals surface area (Å²) in [5.74, 6) is 0.691. The monoisotopic (exact) mass is 308 g/mol. The van der Waals surface area contributed by atoms with E-state index < -0.39 is 0 Å². The summed E-state index contributed by atoms with van der Waals surface area (Å²) in [5, 5.41) is 4.54. The summed E-state index contributed by atoms with van der Waals surface area (Å²) in [5.41, 5.74) is 1.30. The van der Waals surface area contributed by atoms with Gasteiger partial charge in [0, 0.05) is 17.6 Å². The van der Waals surface area contributed by atoms with Gasteiger partial charge < -0.3 is 10.2 Å². The quantitative estimate of drug-likeness (QED) is 0.797. The van der Waals surface area contributed by atoms with Gasteiger partial charge in [0.15, 0.2) is 0 Å². The highest BCUT2D eigenvalue weighted by atomic mass is 35.5. The minimum absolute atomic E-state index is 0.410. The number of benzene rings is 1. The molecule has 1 aromatic rings. The molecule has 0 saturated carbocycles. The van der Waals surface area contributed by atoms with Crippen molar-refractivity contribution < 1.29 is 0 Å². The molecule has 0 spiro atoms. The van der Waals surface area contributed by atoms with Crippen molar-refractivity contribution in [1.82, 2.24) is 10.2 Å². The molecule has 1 heterocycles. The van der Waals surface area contributed by atoms with Gasteiger partial charge in [0.25, 0.3) is 0 Å². The van der Waals surface area contributed by atoms with E-state index in [0.717, 1.165) is 18.0 Å². The summed E-state index contributed by atoms with van der Waals surface area (Å²) in [6.07, 6.45) is 5.26. The Kier molecular flexibility index (Phi) is 7.01.